The van der Waals surface area contributed by atoms with Crippen molar-refractivity contribution < 1.29 is 14.3 Å². The first kappa shape index (κ1) is 20.6. The van der Waals surface area contributed by atoms with Crippen molar-refractivity contribution >= 4 is 27.5 Å². The van der Waals surface area contributed by atoms with E-state index in [1.807, 2.05) is 65.0 Å². The number of fused-ring (bicyclic) bond motifs is 2. The average molecular weight is 448 g/mol. The number of ether oxygens (including phenoxy) is 2. The smallest absolute Gasteiger partial charge is 0.264 e. The maximum absolute atomic E-state index is 13.6. The first-order valence-electron chi connectivity index (χ1n) is 10.6. The van der Waals surface area contributed by atoms with Gasteiger partial charge in [-0.2, -0.15) is 5.10 Å². The van der Waals surface area contributed by atoms with Crippen molar-refractivity contribution in [3.8, 4) is 17.2 Å². The van der Waals surface area contributed by atoms with E-state index in [1.54, 1.807) is 14.2 Å². The molecule has 0 aliphatic carbocycles. The van der Waals surface area contributed by atoms with Gasteiger partial charge in [0.05, 0.1) is 36.5 Å². The van der Waals surface area contributed by atoms with Gasteiger partial charge in [-0.05, 0) is 61.7 Å². The minimum Gasteiger partial charge on any atom is -0.493 e. The second kappa shape index (κ2) is 7.98. The summed E-state index contributed by atoms with van der Waals surface area (Å²) >= 11 is 1.50. The van der Waals surface area contributed by atoms with Crippen LogP contribution < -0.4 is 9.47 Å². The van der Waals surface area contributed by atoms with E-state index in [1.165, 1.54) is 16.9 Å². The molecule has 1 aliphatic heterocycles. The largest absolute Gasteiger partial charge is 0.493 e. The summed E-state index contributed by atoms with van der Waals surface area (Å²) in [5.74, 6) is 1.47. The molecule has 4 aromatic rings. The summed E-state index contributed by atoms with van der Waals surface area (Å²) in [5, 5.41) is 5.72. The van der Waals surface area contributed by atoms with Crippen LogP contribution in [0.5, 0.6) is 11.5 Å². The Morgan fingerprint density at radius 3 is 2.53 bits per heavy atom. The quantitative estimate of drug-likeness (QED) is 0.433. The number of carbonyl (C=O) groups is 1. The number of hydrogen-bond acceptors (Lipinski definition) is 5. The average Bonchev–Trinajstić information content (AvgIpc) is 3.39. The van der Waals surface area contributed by atoms with Crippen molar-refractivity contribution in [3.05, 3.63) is 70.2 Å². The van der Waals surface area contributed by atoms with Crippen LogP contribution in [0.1, 0.15) is 39.5 Å². The number of hydrogen-bond donors (Lipinski definition) is 0. The topological polar surface area (TPSA) is 56.6 Å². The van der Waals surface area contributed by atoms with Crippen molar-refractivity contribution in [1.29, 1.82) is 0 Å². The number of aromatic nitrogens is 2. The summed E-state index contributed by atoms with van der Waals surface area (Å²) in [6, 6.07) is 16.0. The van der Waals surface area contributed by atoms with Gasteiger partial charge in [0.25, 0.3) is 5.91 Å². The van der Waals surface area contributed by atoms with Gasteiger partial charge in [0.15, 0.2) is 11.5 Å². The molecular formula is C25H25N3O3S. The predicted molar refractivity (Wildman–Crippen MR) is 126 cm³/mol. The fourth-order valence-electron chi connectivity index (χ4n) is 4.46. The lowest BCUT2D eigenvalue weighted by molar-refractivity contribution is 0.0682. The van der Waals surface area contributed by atoms with E-state index in [9.17, 15) is 4.79 Å². The second-order valence-electron chi connectivity index (χ2n) is 7.99. The van der Waals surface area contributed by atoms with Gasteiger partial charge in [-0.15, -0.1) is 11.3 Å². The van der Waals surface area contributed by atoms with Crippen molar-refractivity contribution in [3.63, 3.8) is 0 Å². The van der Waals surface area contributed by atoms with Gasteiger partial charge >= 0.3 is 0 Å². The number of methoxy groups -OCH3 is 2. The minimum absolute atomic E-state index is 0.0528. The van der Waals surface area contributed by atoms with Crippen molar-refractivity contribution in [2.75, 3.05) is 20.8 Å². The molecule has 0 saturated heterocycles. The maximum atomic E-state index is 13.6. The Labute approximate surface area is 191 Å². The number of amides is 1. The number of aryl methyl sites for hydroxylation is 1. The molecule has 7 heteroatoms. The van der Waals surface area contributed by atoms with Crippen LogP contribution in [0.15, 0.2) is 48.5 Å². The van der Waals surface area contributed by atoms with Crippen molar-refractivity contribution in [2.24, 2.45) is 0 Å². The highest BCUT2D eigenvalue weighted by atomic mass is 32.1. The zero-order chi connectivity index (χ0) is 22.4. The zero-order valence-corrected chi connectivity index (χ0v) is 19.4. The number of carbonyl (C=O) groups excluding carboxylic acids is 1. The highest BCUT2D eigenvalue weighted by Gasteiger charge is 2.31. The van der Waals surface area contributed by atoms with Crippen LogP contribution in [0.25, 0.3) is 15.9 Å². The fraction of sp³-hybridized carbons (Fsp3) is 0.280. The highest BCUT2D eigenvalue weighted by Crippen LogP contribution is 2.39. The third-order valence-electron chi connectivity index (χ3n) is 6.20. The minimum atomic E-state index is -0.0528. The standard InChI is InChI=1S/C25H25N3O3S/c1-15-19-14-23(32-25(19)28(26-15)18-8-6-5-7-9-18)24(29)27-11-10-17-12-21(30-3)22(31-4)13-20(17)16(27)2/h5-9,12-14,16H,10-11H2,1-4H3. The molecule has 6 nitrogen and oxygen atoms in total. The summed E-state index contributed by atoms with van der Waals surface area (Å²) in [6.45, 7) is 4.73. The molecule has 0 fully saturated rings. The van der Waals surface area contributed by atoms with Gasteiger partial charge in [0.1, 0.15) is 4.83 Å². The molecule has 5 rings (SSSR count). The molecule has 1 amide bonds. The molecule has 164 valence electrons. The Hall–Kier alpha value is -3.32. The first-order chi connectivity index (χ1) is 15.5. The molecule has 0 radical (unpaired) electrons. The predicted octanol–water partition coefficient (Wildman–Crippen LogP) is 5.17. The molecular weight excluding hydrogens is 422 g/mol. The summed E-state index contributed by atoms with van der Waals surface area (Å²) < 4.78 is 12.9. The molecule has 2 aromatic carbocycles. The zero-order valence-electron chi connectivity index (χ0n) is 18.6. The van der Waals surface area contributed by atoms with E-state index in [0.717, 1.165) is 44.2 Å². The Kier molecular flexibility index (Phi) is 5.13. The summed E-state index contributed by atoms with van der Waals surface area (Å²) in [5.41, 5.74) is 4.22. The van der Waals surface area contributed by atoms with E-state index in [-0.39, 0.29) is 11.9 Å². The fourth-order valence-corrected chi connectivity index (χ4v) is 5.60. The van der Waals surface area contributed by atoms with Gasteiger partial charge < -0.3 is 14.4 Å². The number of benzene rings is 2. The van der Waals surface area contributed by atoms with Crippen molar-refractivity contribution in [2.45, 2.75) is 26.3 Å². The van der Waals surface area contributed by atoms with Crippen LogP contribution in [-0.4, -0.2) is 41.4 Å². The number of thiophene rings is 1. The van der Waals surface area contributed by atoms with Gasteiger partial charge in [-0.1, -0.05) is 18.2 Å². The Morgan fingerprint density at radius 2 is 1.81 bits per heavy atom. The van der Waals surface area contributed by atoms with Crippen LogP contribution in [0, 0.1) is 6.92 Å². The lowest BCUT2D eigenvalue weighted by Crippen LogP contribution is -2.38. The second-order valence-corrected chi connectivity index (χ2v) is 9.02. The third-order valence-corrected chi connectivity index (χ3v) is 7.30. The molecule has 3 heterocycles. The van der Waals surface area contributed by atoms with Crippen LogP contribution in [-0.2, 0) is 6.42 Å². The molecule has 0 saturated carbocycles. The van der Waals surface area contributed by atoms with Crippen LogP contribution in [0.2, 0.25) is 0 Å². The molecule has 1 aliphatic rings. The van der Waals surface area contributed by atoms with Crippen LogP contribution in [0.3, 0.4) is 0 Å². The molecule has 1 unspecified atom stereocenters. The van der Waals surface area contributed by atoms with E-state index in [0.29, 0.717) is 12.3 Å². The van der Waals surface area contributed by atoms with E-state index in [2.05, 4.69) is 12.0 Å². The van der Waals surface area contributed by atoms with E-state index in [4.69, 9.17) is 9.47 Å². The molecule has 0 spiro atoms. The Morgan fingerprint density at radius 1 is 1.09 bits per heavy atom. The van der Waals surface area contributed by atoms with Gasteiger partial charge in [-0.3, -0.25) is 4.79 Å². The summed E-state index contributed by atoms with van der Waals surface area (Å²) in [6.07, 6.45) is 0.785. The molecule has 0 N–H and O–H groups in total. The monoisotopic (exact) mass is 447 g/mol. The lowest BCUT2D eigenvalue weighted by Gasteiger charge is -2.35. The highest BCUT2D eigenvalue weighted by molar-refractivity contribution is 7.20. The number of nitrogens with zero attached hydrogens (tertiary/aromatic N) is 3. The summed E-state index contributed by atoms with van der Waals surface area (Å²) in [4.78, 5) is 17.3. The number of para-hydroxylation sites is 1. The van der Waals surface area contributed by atoms with E-state index < -0.39 is 0 Å². The van der Waals surface area contributed by atoms with Gasteiger partial charge in [0, 0.05) is 11.9 Å². The normalized spacial score (nSPS) is 15.6. The molecule has 0 bridgehead atoms. The molecule has 2 aromatic heterocycles. The first-order valence-corrected chi connectivity index (χ1v) is 11.4. The SMILES string of the molecule is COc1cc2c(cc1OC)C(C)N(C(=O)c1cc3c(C)nn(-c4ccccc4)c3s1)CC2. The maximum Gasteiger partial charge on any atom is 0.264 e. The van der Waals surface area contributed by atoms with Crippen molar-refractivity contribution in [1.82, 2.24) is 14.7 Å². The third kappa shape index (κ3) is 3.24. The van der Waals surface area contributed by atoms with E-state index >= 15 is 0 Å². The van der Waals surface area contributed by atoms with Gasteiger partial charge in [-0.25, -0.2) is 4.68 Å². The van der Waals surface area contributed by atoms with Gasteiger partial charge in [0.2, 0.25) is 0 Å². The molecule has 1 atom stereocenters. The Balaban J connectivity index is 1.50. The van der Waals surface area contributed by atoms with Crippen LogP contribution in [0.4, 0.5) is 0 Å². The number of rotatable bonds is 4. The summed E-state index contributed by atoms with van der Waals surface area (Å²) in [7, 11) is 3.28. The molecule has 32 heavy (non-hydrogen) atoms. The van der Waals surface area contributed by atoms with Crippen LogP contribution >= 0.6 is 11.3 Å². The lowest BCUT2D eigenvalue weighted by atomic mass is 9.92. The Bertz CT molecular complexity index is 1310.